The summed E-state index contributed by atoms with van der Waals surface area (Å²) in [5.74, 6) is 1.83. The van der Waals surface area contributed by atoms with Crippen LogP contribution in [0.25, 0.3) is 16.7 Å². The second-order valence-electron chi connectivity index (χ2n) is 4.15. The predicted octanol–water partition coefficient (Wildman–Crippen LogP) is 1.71. The first-order valence-electron chi connectivity index (χ1n) is 5.81. The van der Waals surface area contributed by atoms with Crippen LogP contribution in [-0.2, 0) is 0 Å². The Balaban J connectivity index is 2.25. The summed E-state index contributed by atoms with van der Waals surface area (Å²) in [4.78, 5) is 8.53. The molecule has 0 aliphatic carbocycles. The van der Waals surface area contributed by atoms with Gasteiger partial charge in [-0.3, -0.25) is 0 Å². The molecule has 3 rings (SSSR count). The number of aromatic nitrogens is 4. The molecule has 0 saturated carbocycles. The zero-order valence-electron chi connectivity index (χ0n) is 10.7. The molecule has 3 aromatic rings. The highest BCUT2D eigenvalue weighted by atomic mass is 16.5. The van der Waals surface area contributed by atoms with Crippen LogP contribution in [0.3, 0.4) is 0 Å². The minimum atomic E-state index is 0.441. The van der Waals surface area contributed by atoms with Gasteiger partial charge in [-0.2, -0.15) is 5.10 Å². The smallest absolute Gasteiger partial charge is 0.168 e. The first-order valence-corrected chi connectivity index (χ1v) is 5.81. The van der Waals surface area contributed by atoms with E-state index in [0.717, 1.165) is 16.8 Å². The van der Waals surface area contributed by atoms with Gasteiger partial charge in [0.05, 0.1) is 24.4 Å². The predicted molar refractivity (Wildman–Crippen MR) is 72.4 cm³/mol. The summed E-state index contributed by atoms with van der Waals surface area (Å²) >= 11 is 0. The van der Waals surface area contributed by atoms with E-state index in [2.05, 4.69) is 15.1 Å². The molecule has 6 nitrogen and oxygen atoms in total. The molecule has 0 spiro atoms. The number of hydrogen-bond acceptors (Lipinski definition) is 5. The normalized spacial score (nSPS) is 10.8. The van der Waals surface area contributed by atoms with Crippen molar-refractivity contribution < 1.29 is 4.74 Å². The van der Waals surface area contributed by atoms with E-state index in [4.69, 9.17) is 10.5 Å². The fourth-order valence-electron chi connectivity index (χ4n) is 1.97. The lowest BCUT2D eigenvalue weighted by molar-refractivity contribution is 0.414. The van der Waals surface area contributed by atoms with Crippen molar-refractivity contribution in [2.24, 2.45) is 0 Å². The van der Waals surface area contributed by atoms with Gasteiger partial charge in [0.15, 0.2) is 5.65 Å². The highest BCUT2D eigenvalue weighted by Gasteiger charge is 2.11. The Morgan fingerprint density at radius 1 is 1.26 bits per heavy atom. The molecule has 0 atom stereocenters. The van der Waals surface area contributed by atoms with Gasteiger partial charge >= 0.3 is 0 Å². The molecule has 96 valence electrons. The van der Waals surface area contributed by atoms with E-state index in [9.17, 15) is 0 Å². The number of benzene rings is 1. The summed E-state index contributed by atoms with van der Waals surface area (Å²) in [6.45, 7) is 1.80. The summed E-state index contributed by atoms with van der Waals surface area (Å²) < 4.78 is 6.94. The van der Waals surface area contributed by atoms with Crippen LogP contribution in [0.15, 0.2) is 30.5 Å². The summed E-state index contributed by atoms with van der Waals surface area (Å²) in [5.41, 5.74) is 7.44. The standard InChI is InChI=1S/C13H13N5O/c1-8-16-12(14)11-7-15-18(13(11)17-8)9-4-3-5-10(6-9)19-2/h3-7H,1-2H3,(H2,14,16,17). The van der Waals surface area contributed by atoms with E-state index in [1.807, 2.05) is 24.3 Å². The zero-order chi connectivity index (χ0) is 13.4. The van der Waals surface area contributed by atoms with Crippen molar-refractivity contribution in [1.29, 1.82) is 0 Å². The van der Waals surface area contributed by atoms with Crippen LogP contribution in [0.2, 0.25) is 0 Å². The Morgan fingerprint density at radius 2 is 2.11 bits per heavy atom. The largest absolute Gasteiger partial charge is 0.497 e. The van der Waals surface area contributed by atoms with E-state index in [1.165, 1.54) is 0 Å². The van der Waals surface area contributed by atoms with Crippen LogP contribution < -0.4 is 10.5 Å². The SMILES string of the molecule is COc1cccc(-n2ncc3c(N)nc(C)nc32)c1. The average molecular weight is 255 g/mol. The highest BCUT2D eigenvalue weighted by molar-refractivity contribution is 5.86. The van der Waals surface area contributed by atoms with Gasteiger partial charge in [0.2, 0.25) is 0 Å². The van der Waals surface area contributed by atoms with Gasteiger partial charge in [0.1, 0.15) is 17.4 Å². The van der Waals surface area contributed by atoms with Crippen LogP contribution in [0.4, 0.5) is 5.82 Å². The maximum absolute atomic E-state index is 5.88. The van der Waals surface area contributed by atoms with Crippen LogP contribution >= 0.6 is 0 Å². The molecular weight excluding hydrogens is 242 g/mol. The zero-order valence-corrected chi connectivity index (χ0v) is 10.7. The van der Waals surface area contributed by atoms with Gasteiger partial charge < -0.3 is 10.5 Å². The molecule has 0 bridgehead atoms. The molecule has 6 heteroatoms. The Labute approximate surface area is 109 Å². The Bertz CT molecular complexity index is 750. The van der Waals surface area contributed by atoms with E-state index in [-0.39, 0.29) is 0 Å². The lowest BCUT2D eigenvalue weighted by Crippen LogP contribution is -2.01. The Hall–Kier alpha value is -2.63. The van der Waals surface area contributed by atoms with Crippen molar-refractivity contribution in [3.8, 4) is 11.4 Å². The minimum absolute atomic E-state index is 0.441. The van der Waals surface area contributed by atoms with Gasteiger partial charge in [-0.15, -0.1) is 0 Å². The fourth-order valence-corrected chi connectivity index (χ4v) is 1.97. The molecular formula is C13H13N5O. The second kappa shape index (κ2) is 4.24. The first kappa shape index (κ1) is 11.5. The van der Waals surface area contributed by atoms with E-state index < -0.39 is 0 Å². The number of nitrogen functional groups attached to an aromatic ring is 1. The molecule has 0 radical (unpaired) electrons. The number of nitrogens with two attached hydrogens (primary N) is 1. The van der Waals surface area contributed by atoms with Crippen LogP contribution in [-0.4, -0.2) is 26.9 Å². The monoisotopic (exact) mass is 255 g/mol. The van der Waals surface area contributed by atoms with Gasteiger partial charge in [-0.05, 0) is 19.1 Å². The summed E-state index contributed by atoms with van der Waals surface area (Å²) in [6, 6.07) is 7.60. The van der Waals surface area contributed by atoms with Gasteiger partial charge in [0.25, 0.3) is 0 Å². The minimum Gasteiger partial charge on any atom is -0.497 e. The maximum Gasteiger partial charge on any atom is 0.168 e. The second-order valence-corrected chi connectivity index (χ2v) is 4.15. The number of methoxy groups -OCH3 is 1. The quantitative estimate of drug-likeness (QED) is 0.754. The number of hydrogen-bond donors (Lipinski definition) is 1. The molecule has 0 unspecified atom stereocenters. The third-order valence-corrected chi connectivity index (χ3v) is 2.87. The molecule has 0 aliphatic rings. The number of anilines is 1. The molecule has 0 aliphatic heterocycles. The van der Waals surface area contributed by atoms with Crippen molar-refractivity contribution >= 4 is 16.9 Å². The molecule has 19 heavy (non-hydrogen) atoms. The van der Waals surface area contributed by atoms with Crippen molar-refractivity contribution in [3.63, 3.8) is 0 Å². The van der Waals surface area contributed by atoms with Crippen LogP contribution in [0, 0.1) is 6.92 Å². The summed E-state index contributed by atoms with van der Waals surface area (Å²) in [5, 5.41) is 5.07. The maximum atomic E-state index is 5.88. The van der Waals surface area contributed by atoms with E-state index >= 15 is 0 Å². The van der Waals surface area contributed by atoms with Crippen molar-refractivity contribution in [2.75, 3.05) is 12.8 Å². The van der Waals surface area contributed by atoms with Crippen LogP contribution in [0.1, 0.15) is 5.82 Å². The van der Waals surface area contributed by atoms with Crippen molar-refractivity contribution in [2.45, 2.75) is 6.92 Å². The number of nitrogens with zero attached hydrogens (tertiary/aromatic N) is 4. The molecule has 0 saturated heterocycles. The Kier molecular flexibility index (Phi) is 2.56. The molecule has 2 N–H and O–H groups in total. The fraction of sp³-hybridized carbons (Fsp3) is 0.154. The average Bonchev–Trinajstić information content (AvgIpc) is 2.82. The lowest BCUT2D eigenvalue weighted by atomic mass is 10.3. The molecule has 1 aromatic carbocycles. The number of aryl methyl sites for hydroxylation is 1. The number of fused-ring (bicyclic) bond motifs is 1. The molecule has 2 aromatic heterocycles. The first-order chi connectivity index (χ1) is 9.19. The lowest BCUT2D eigenvalue weighted by Gasteiger charge is -2.06. The van der Waals surface area contributed by atoms with E-state index in [0.29, 0.717) is 17.3 Å². The summed E-state index contributed by atoms with van der Waals surface area (Å²) in [6.07, 6.45) is 1.67. The topological polar surface area (TPSA) is 78.9 Å². The number of rotatable bonds is 2. The van der Waals surface area contributed by atoms with Crippen LogP contribution in [0.5, 0.6) is 5.75 Å². The molecule has 2 heterocycles. The third kappa shape index (κ3) is 1.87. The highest BCUT2D eigenvalue weighted by Crippen LogP contribution is 2.22. The van der Waals surface area contributed by atoms with Gasteiger partial charge in [-0.25, -0.2) is 14.6 Å². The molecule has 0 amide bonds. The van der Waals surface area contributed by atoms with Crippen molar-refractivity contribution in [1.82, 2.24) is 19.7 Å². The third-order valence-electron chi connectivity index (χ3n) is 2.87. The summed E-state index contributed by atoms with van der Waals surface area (Å²) in [7, 11) is 1.63. The number of ether oxygens (including phenoxy) is 1. The van der Waals surface area contributed by atoms with Gasteiger partial charge in [-0.1, -0.05) is 6.07 Å². The molecule has 0 fully saturated rings. The Morgan fingerprint density at radius 3 is 2.89 bits per heavy atom. The van der Waals surface area contributed by atoms with Crippen molar-refractivity contribution in [3.05, 3.63) is 36.3 Å². The van der Waals surface area contributed by atoms with Gasteiger partial charge in [0, 0.05) is 6.07 Å². The van der Waals surface area contributed by atoms with E-state index in [1.54, 1.807) is 24.9 Å².